The van der Waals surface area contributed by atoms with E-state index >= 15 is 0 Å². The van der Waals surface area contributed by atoms with Crippen molar-refractivity contribution in [2.75, 3.05) is 19.6 Å². The third-order valence-corrected chi connectivity index (χ3v) is 6.74. The molecule has 3 fully saturated rings. The van der Waals surface area contributed by atoms with Gasteiger partial charge in [0, 0.05) is 37.8 Å². The molecule has 3 saturated heterocycles. The summed E-state index contributed by atoms with van der Waals surface area (Å²) in [6, 6.07) is 4.35. The van der Waals surface area contributed by atoms with Gasteiger partial charge in [-0.3, -0.25) is 4.98 Å². The van der Waals surface area contributed by atoms with Crippen LogP contribution in [0.3, 0.4) is 0 Å². The molecule has 0 radical (unpaired) electrons. The smallest absolute Gasteiger partial charge is 0.403 e. The Balaban J connectivity index is 1.41. The summed E-state index contributed by atoms with van der Waals surface area (Å²) in [7, 11) is -0.234. The number of carbonyl (C=O) groups is 1. The molecule has 2 atom stereocenters. The number of rotatable bonds is 2. The summed E-state index contributed by atoms with van der Waals surface area (Å²) in [5.41, 5.74) is 0.532. The van der Waals surface area contributed by atoms with Gasteiger partial charge >= 0.3 is 13.1 Å². The van der Waals surface area contributed by atoms with E-state index in [0.29, 0.717) is 6.54 Å². The predicted octanol–water partition coefficient (Wildman–Crippen LogP) is 3.51. The minimum Gasteiger partial charge on any atom is -0.403 e. The maximum absolute atomic E-state index is 13.2. The zero-order chi connectivity index (χ0) is 19.2. The Morgan fingerprint density at radius 2 is 1.78 bits per heavy atom. The number of carbonyl (C=O) groups excluding carboxylic acids is 1. The van der Waals surface area contributed by atoms with Crippen molar-refractivity contribution in [2.24, 2.45) is 0 Å². The third kappa shape index (κ3) is 3.36. The van der Waals surface area contributed by atoms with E-state index in [9.17, 15) is 4.79 Å². The number of urea groups is 1. The molecule has 2 unspecified atom stereocenters. The Morgan fingerprint density at radius 1 is 1.11 bits per heavy atom. The number of nitrogens with zero attached hydrogens (tertiary/aromatic N) is 3. The summed E-state index contributed by atoms with van der Waals surface area (Å²) in [6.07, 6.45) is 6.61. The highest BCUT2D eigenvalue weighted by Gasteiger charge is 2.55. The van der Waals surface area contributed by atoms with Gasteiger partial charge < -0.3 is 19.1 Å². The fraction of sp³-hybridized carbons (Fsp3) is 0.700. The molecule has 0 bridgehead atoms. The van der Waals surface area contributed by atoms with Crippen LogP contribution in [0.15, 0.2) is 24.5 Å². The second kappa shape index (κ2) is 6.78. The van der Waals surface area contributed by atoms with Crippen LogP contribution in [0.1, 0.15) is 58.6 Å². The number of pyridine rings is 1. The zero-order valence-corrected chi connectivity index (χ0v) is 16.9. The number of hydrogen-bond acceptors (Lipinski definition) is 4. The second-order valence-electron chi connectivity index (χ2n) is 9.03. The molecule has 27 heavy (non-hydrogen) atoms. The van der Waals surface area contributed by atoms with Crippen molar-refractivity contribution in [3.8, 4) is 0 Å². The molecule has 0 aliphatic carbocycles. The highest BCUT2D eigenvalue weighted by Crippen LogP contribution is 2.42. The molecular weight excluding hydrogens is 341 g/mol. The molecule has 7 heteroatoms. The summed E-state index contributed by atoms with van der Waals surface area (Å²) in [5.74, 6) is 0.233. The van der Waals surface area contributed by atoms with Gasteiger partial charge in [0.1, 0.15) is 0 Å². The largest absolute Gasteiger partial charge is 0.463 e. The van der Waals surface area contributed by atoms with Crippen LogP contribution in [0.25, 0.3) is 0 Å². The van der Waals surface area contributed by atoms with Gasteiger partial charge in [-0.15, -0.1) is 0 Å². The molecule has 0 saturated carbocycles. The van der Waals surface area contributed by atoms with E-state index in [0.717, 1.165) is 32.4 Å². The summed E-state index contributed by atoms with van der Waals surface area (Å²) in [4.78, 5) is 21.3. The normalized spacial score (nSPS) is 29.6. The lowest BCUT2D eigenvalue weighted by Crippen LogP contribution is -2.42. The molecule has 1 aromatic rings. The topological polar surface area (TPSA) is 54.9 Å². The monoisotopic (exact) mass is 371 g/mol. The van der Waals surface area contributed by atoms with Crippen molar-refractivity contribution in [1.29, 1.82) is 0 Å². The molecule has 1 aromatic heterocycles. The Hall–Kier alpha value is -1.60. The van der Waals surface area contributed by atoms with Gasteiger partial charge in [-0.2, -0.15) is 0 Å². The van der Waals surface area contributed by atoms with Crippen LogP contribution < -0.4 is 0 Å². The number of likely N-dealkylation sites (tertiary alicyclic amines) is 2. The molecule has 0 spiro atoms. The van der Waals surface area contributed by atoms with E-state index in [1.54, 1.807) is 12.4 Å². The first-order chi connectivity index (χ1) is 12.8. The van der Waals surface area contributed by atoms with Crippen molar-refractivity contribution in [1.82, 2.24) is 14.8 Å². The Bertz CT molecular complexity index is 681. The van der Waals surface area contributed by atoms with Crippen LogP contribution in [-0.4, -0.2) is 58.8 Å². The number of aromatic nitrogens is 1. The zero-order valence-electron chi connectivity index (χ0n) is 16.9. The third-order valence-electron chi connectivity index (χ3n) is 6.74. The van der Waals surface area contributed by atoms with Gasteiger partial charge in [-0.05, 0) is 64.7 Å². The highest BCUT2D eigenvalue weighted by molar-refractivity contribution is 6.47. The van der Waals surface area contributed by atoms with Crippen molar-refractivity contribution >= 4 is 13.1 Å². The van der Waals surface area contributed by atoms with Crippen LogP contribution in [0.2, 0.25) is 5.82 Å². The molecule has 0 N–H and O–H groups in total. The summed E-state index contributed by atoms with van der Waals surface area (Å²) >= 11 is 0. The lowest BCUT2D eigenvalue weighted by Gasteiger charge is -2.32. The van der Waals surface area contributed by atoms with Crippen LogP contribution in [-0.2, 0) is 9.31 Å². The number of amides is 2. The van der Waals surface area contributed by atoms with Gasteiger partial charge in [0.15, 0.2) is 0 Å². The standard InChI is InChI=1S/C20H30BN3O3/c1-19(2)20(3,4)27-21(26-19)16-9-13-23(14-16)18(25)24-12-5-6-17(24)15-7-10-22-11-8-15/h7-8,10-11,16-17H,5-6,9,12-14H2,1-4H3. The molecule has 2 amide bonds. The van der Waals surface area contributed by atoms with E-state index in [2.05, 4.69) is 32.7 Å². The molecule has 0 aromatic carbocycles. The van der Waals surface area contributed by atoms with Crippen molar-refractivity contribution in [3.05, 3.63) is 30.1 Å². The van der Waals surface area contributed by atoms with E-state index < -0.39 is 0 Å². The van der Waals surface area contributed by atoms with E-state index in [1.807, 2.05) is 21.9 Å². The van der Waals surface area contributed by atoms with Crippen LogP contribution in [0.4, 0.5) is 4.79 Å². The van der Waals surface area contributed by atoms with Crippen molar-refractivity contribution < 1.29 is 14.1 Å². The lowest BCUT2D eigenvalue weighted by molar-refractivity contribution is 0.00578. The summed E-state index contributed by atoms with van der Waals surface area (Å²) in [5, 5.41) is 0. The Kier molecular flexibility index (Phi) is 4.71. The van der Waals surface area contributed by atoms with E-state index in [4.69, 9.17) is 9.31 Å². The van der Waals surface area contributed by atoms with Gasteiger partial charge in [-0.1, -0.05) is 0 Å². The Morgan fingerprint density at radius 3 is 2.44 bits per heavy atom. The first-order valence-corrected chi connectivity index (χ1v) is 10.1. The SMILES string of the molecule is CC1(C)OB(C2CCN(C(=O)N3CCCC3c3ccncc3)C2)OC1(C)C. The van der Waals surface area contributed by atoms with Crippen molar-refractivity contribution in [3.63, 3.8) is 0 Å². The molecule has 6 nitrogen and oxygen atoms in total. The highest BCUT2D eigenvalue weighted by atomic mass is 16.7. The maximum atomic E-state index is 13.2. The first-order valence-electron chi connectivity index (χ1n) is 10.1. The molecular formula is C20H30BN3O3. The predicted molar refractivity (Wildman–Crippen MR) is 104 cm³/mol. The van der Waals surface area contributed by atoms with Crippen molar-refractivity contribution in [2.45, 2.75) is 70.0 Å². The Labute approximate surface area is 162 Å². The quantitative estimate of drug-likeness (QED) is 0.747. The molecule has 146 valence electrons. The fourth-order valence-electron chi connectivity index (χ4n) is 4.37. The summed E-state index contributed by atoms with van der Waals surface area (Å²) in [6.45, 7) is 10.6. The average Bonchev–Trinajstić information content (AvgIpc) is 3.34. The first kappa shape index (κ1) is 18.8. The van der Waals surface area contributed by atoms with Crippen LogP contribution in [0.5, 0.6) is 0 Å². The van der Waals surface area contributed by atoms with Gasteiger partial charge in [-0.25, -0.2) is 4.79 Å². The van der Waals surface area contributed by atoms with Gasteiger partial charge in [0.05, 0.1) is 17.2 Å². The second-order valence-corrected chi connectivity index (χ2v) is 9.03. The van der Waals surface area contributed by atoms with E-state index in [1.165, 1.54) is 5.56 Å². The average molecular weight is 371 g/mol. The van der Waals surface area contributed by atoms with Gasteiger partial charge in [0.2, 0.25) is 0 Å². The molecule has 3 aliphatic rings. The van der Waals surface area contributed by atoms with Crippen LogP contribution in [0, 0.1) is 0 Å². The lowest BCUT2D eigenvalue weighted by atomic mass is 9.71. The summed E-state index contributed by atoms with van der Waals surface area (Å²) < 4.78 is 12.4. The van der Waals surface area contributed by atoms with E-state index in [-0.39, 0.29) is 36.2 Å². The van der Waals surface area contributed by atoms with Crippen LogP contribution >= 0.6 is 0 Å². The molecule has 4 heterocycles. The fourth-order valence-corrected chi connectivity index (χ4v) is 4.37. The molecule has 4 rings (SSSR count). The number of hydrogen-bond donors (Lipinski definition) is 0. The van der Waals surface area contributed by atoms with Gasteiger partial charge in [0.25, 0.3) is 0 Å². The minimum atomic E-state index is -0.323. The molecule has 3 aliphatic heterocycles. The maximum Gasteiger partial charge on any atom is 0.463 e. The minimum absolute atomic E-state index is 0.147.